The summed E-state index contributed by atoms with van der Waals surface area (Å²) in [5, 5.41) is 5.28. The number of hydrogen-bond donors (Lipinski definition) is 2. The molecule has 0 bridgehead atoms. The molecule has 0 fully saturated rings. The van der Waals surface area contributed by atoms with Gasteiger partial charge in [0.1, 0.15) is 29.0 Å². The van der Waals surface area contributed by atoms with Gasteiger partial charge in [0, 0.05) is 12.6 Å². The van der Waals surface area contributed by atoms with Crippen molar-refractivity contribution in [3.8, 4) is 0 Å². The lowest BCUT2D eigenvalue weighted by Gasteiger charge is -2.08. The van der Waals surface area contributed by atoms with Crippen molar-refractivity contribution in [3.63, 3.8) is 0 Å². The van der Waals surface area contributed by atoms with E-state index in [2.05, 4.69) is 20.6 Å². The van der Waals surface area contributed by atoms with Crippen LogP contribution in [-0.4, -0.2) is 22.4 Å². The second-order valence-electron chi connectivity index (χ2n) is 5.63. The number of amides is 1. The molecule has 0 aliphatic carbocycles. The predicted molar refractivity (Wildman–Crippen MR) is 94.1 cm³/mol. The van der Waals surface area contributed by atoms with Crippen LogP contribution in [0.3, 0.4) is 0 Å². The molecular weight excluding hydrogens is 357 g/mol. The second-order valence-corrected chi connectivity index (χ2v) is 5.63. The van der Waals surface area contributed by atoms with Crippen molar-refractivity contribution in [2.75, 3.05) is 11.9 Å². The molecule has 0 spiro atoms. The Morgan fingerprint density at radius 3 is 2.48 bits per heavy atom. The zero-order valence-corrected chi connectivity index (χ0v) is 14.0. The van der Waals surface area contributed by atoms with Crippen LogP contribution >= 0.6 is 0 Å². The van der Waals surface area contributed by atoms with E-state index >= 15 is 0 Å². The summed E-state index contributed by atoms with van der Waals surface area (Å²) >= 11 is 0. The standard InChI is InChI=1S/C19H15F3N4O/c20-13-5-6-16(15(22)9-13)26-18-11-24-17(10-25-18)19(27)23-8-7-12-3-1-2-4-14(12)21/h1-6,9-11H,7-8H2,(H,23,27)(H,25,26). The Morgan fingerprint density at radius 2 is 1.78 bits per heavy atom. The lowest BCUT2D eigenvalue weighted by atomic mass is 10.1. The molecule has 0 aliphatic heterocycles. The molecular formula is C19H15F3N4O. The van der Waals surface area contributed by atoms with Gasteiger partial charge in [-0.15, -0.1) is 0 Å². The highest BCUT2D eigenvalue weighted by atomic mass is 19.1. The highest BCUT2D eigenvalue weighted by Gasteiger charge is 2.10. The molecule has 0 aliphatic rings. The molecule has 1 amide bonds. The summed E-state index contributed by atoms with van der Waals surface area (Å²) in [6, 6.07) is 9.41. The zero-order valence-electron chi connectivity index (χ0n) is 14.0. The Kier molecular flexibility index (Phi) is 5.65. The van der Waals surface area contributed by atoms with Crippen molar-refractivity contribution in [2.24, 2.45) is 0 Å². The highest BCUT2D eigenvalue weighted by Crippen LogP contribution is 2.18. The van der Waals surface area contributed by atoms with E-state index in [0.717, 1.165) is 12.1 Å². The monoisotopic (exact) mass is 372 g/mol. The molecule has 2 N–H and O–H groups in total. The predicted octanol–water partition coefficient (Wildman–Crippen LogP) is 3.61. The first-order valence-corrected chi connectivity index (χ1v) is 8.08. The maximum absolute atomic E-state index is 13.6. The van der Waals surface area contributed by atoms with Gasteiger partial charge < -0.3 is 10.6 Å². The zero-order chi connectivity index (χ0) is 19.2. The average Bonchev–Trinajstić information content (AvgIpc) is 2.66. The van der Waals surface area contributed by atoms with Crippen molar-refractivity contribution in [1.82, 2.24) is 15.3 Å². The Hall–Kier alpha value is -3.42. The molecule has 1 aromatic heterocycles. The number of anilines is 2. The number of aromatic nitrogens is 2. The lowest BCUT2D eigenvalue weighted by molar-refractivity contribution is 0.0948. The molecule has 3 rings (SSSR count). The van der Waals surface area contributed by atoms with Crippen LogP contribution in [-0.2, 0) is 6.42 Å². The van der Waals surface area contributed by atoms with Gasteiger partial charge in [0.05, 0.1) is 18.1 Å². The van der Waals surface area contributed by atoms with Crippen molar-refractivity contribution in [2.45, 2.75) is 6.42 Å². The van der Waals surface area contributed by atoms with Crippen molar-refractivity contribution >= 4 is 17.4 Å². The minimum absolute atomic E-state index is 0.0350. The highest BCUT2D eigenvalue weighted by molar-refractivity contribution is 5.92. The normalized spacial score (nSPS) is 10.5. The molecule has 1 heterocycles. The van der Waals surface area contributed by atoms with Crippen LogP contribution in [0.15, 0.2) is 54.9 Å². The van der Waals surface area contributed by atoms with Crippen LogP contribution in [0.4, 0.5) is 24.7 Å². The average molecular weight is 372 g/mol. The fourth-order valence-corrected chi connectivity index (χ4v) is 2.34. The Labute approximate surface area is 153 Å². The van der Waals surface area contributed by atoms with Gasteiger partial charge in [-0.3, -0.25) is 4.79 Å². The number of nitrogens with zero attached hydrogens (tertiary/aromatic N) is 2. The smallest absolute Gasteiger partial charge is 0.271 e. The van der Waals surface area contributed by atoms with Crippen LogP contribution in [0, 0.1) is 17.5 Å². The lowest BCUT2D eigenvalue weighted by Crippen LogP contribution is -2.26. The maximum atomic E-state index is 13.6. The molecule has 0 saturated heterocycles. The van der Waals surface area contributed by atoms with E-state index in [0.29, 0.717) is 12.0 Å². The molecule has 0 unspecified atom stereocenters. The topological polar surface area (TPSA) is 66.9 Å². The Bertz CT molecular complexity index is 948. The largest absolute Gasteiger partial charge is 0.350 e. The summed E-state index contributed by atoms with van der Waals surface area (Å²) in [6.45, 7) is 0.238. The number of carbonyl (C=O) groups excluding carboxylic acids is 1. The van der Waals surface area contributed by atoms with Gasteiger partial charge in [-0.25, -0.2) is 23.1 Å². The SMILES string of the molecule is O=C(NCCc1ccccc1F)c1cnc(Nc2ccc(F)cc2F)cn1. The van der Waals surface area contributed by atoms with Crippen molar-refractivity contribution < 1.29 is 18.0 Å². The fourth-order valence-electron chi connectivity index (χ4n) is 2.34. The van der Waals surface area contributed by atoms with Gasteiger partial charge in [0.2, 0.25) is 0 Å². The summed E-state index contributed by atoms with van der Waals surface area (Å²) in [4.78, 5) is 20.0. The summed E-state index contributed by atoms with van der Waals surface area (Å²) < 4.78 is 40.0. The molecule has 138 valence electrons. The third-order valence-electron chi connectivity index (χ3n) is 3.72. The number of carbonyl (C=O) groups is 1. The van der Waals surface area contributed by atoms with E-state index < -0.39 is 17.5 Å². The van der Waals surface area contributed by atoms with Crippen LogP contribution in [0.25, 0.3) is 0 Å². The number of benzene rings is 2. The van der Waals surface area contributed by atoms with Crippen molar-refractivity contribution in [3.05, 3.63) is 83.6 Å². The van der Waals surface area contributed by atoms with E-state index in [-0.39, 0.29) is 29.6 Å². The van der Waals surface area contributed by atoms with Crippen LogP contribution in [0.2, 0.25) is 0 Å². The van der Waals surface area contributed by atoms with E-state index in [1.54, 1.807) is 18.2 Å². The first kappa shape index (κ1) is 18.4. The van der Waals surface area contributed by atoms with Crippen molar-refractivity contribution in [1.29, 1.82) is 0 Å². The number of rotatable bonds is 6. The van der Waals surface area contributed by atoms with Gasteiger partial charge >= 0.3 is 0 Å². The third kappa shape index (κ3) is 4.81. The third-order valence-corrected chi connectivity index (χ3v) is 3.72. The second kappa shape index (κ2) is 8.31. The molecule has 3 aromatic rings. The molecule has 5 nitrogen and oxygen atoms in total. The first-order chi connectivity index (χ1) is 13.0. The maximum Gasteiger partial charge on any atom is 0.271 e. The minimum atomic E-state index is -0.772. The van der Waals surface area contributed by atoms with Gasteiger partial charge in [-0.1, -0.05) is 18.2 Å². The Balaban J connectivity index is 1.56. The molecule has 0 radical (unpaired) electrons. The summed E-state index contributed by atoms with van der Waals surface area (Å²) in [7, 11) is 0. The van der Waals surface area contributed by atoms with Crippen LogP contribution in [0.1, 0.15) is 16.1 Å². The minimum Gasteiger partial charge on any atom is -0.350 e. The summed E-state index contributed by atoms with van der Waals surface area (Å²) in [6.07, 6.45) is 2.83. The molecule has 0 atom stereocenters. The molecule has 8 heteroatoms. The quantitative estimate of drug-likeness (QED) is 0.694. The van der Waals surface area contributed by atoms with Crippen LogP contribution in [0.5, 0.6) is 0 Å². The van der Waals surface area contributed by atoms with E-state index in [4.69, 9.17) is 0 Å². The van der Waals surface area contributed by atoms with E-state index in [1.807, 2.05) is 0 Å². The van der Waals surface area contributed by atoms with Gasteiger partial charge in [0.15, 0.2) is 0 Å². The molecule has 2 aromatic carbocycles. The number of halogens is 3. The molecule has 0 saturated carbocycles. The summed E-state index contributed by atoms with van der Waals surface area (Å²) in [5.74, 6) is -2.05. The van der Waals surface area contributed by atoms with Crippen LogP contribution < -0.4 is 10.6 Å². The van der Waals surface area contributed by atoms with E-state index in [9.17, 15) is 18.0 Å². The van der Waals surface area contributed by atoms with Gasteiger partial charge in [-0.2, -0.15) is 0 Å². The first-order valence-electron chi connectivity index (χ1n) is 8.08. The number of nitrogens with one attached hydrogen (secondary N) is 2. The number of hydrogen-bond acceptors (Lipinski definition) is 4. The van der Waals surface area contributed by atoms with Gasteiger partial charge in [0.25, 0.3) is 5.91 Å². The Morgan fingerprint density at radius 1 is 0.963 bits per heavy atom. The molecule has 27 heavy (non-hydrogen) atoms. The van der Waals surface area contributed by atoms with Gasteiger partial charge in [-0.05, 0) is 30.2 Å². The fraction of sp³-hybridized carbons (Fsp3) is 0.105. The van der Waals surface area contributed by atoms with E-state index in [1.165, 1.54) is 24.5 Å². The summed E-state index contributed by atoms with van der Waals surface area (Å²) in [5.41, 5.74) is 0.603.